The van der Waals surface area contributed by atoms with Crippen LogP contribution in [0.15, 0.2) is 94.4 Å². The van der Waals surface area contributed by atoms with E-state index in [1.54, 1.807) is 14.2 Å². The first-order valence-corrected chi connectivity index (χ1v) is 13.9. The van der Waals surface area contributed by atoms with Gasteiger partial charge in [-0.2, -0.15) is 0 Å². The Labute approximate surface area is 233 Å². The number of benzene rings is 4. The Morgan fingerprint density at radius 1 is 0.789 bits per heavy atom. The van der Waals surface area contributed by atoms with Gasteiger partial charge in [0, 0.05) is 36.8 Å². The van der Waals surface area contributed by atoms with Crippen LogP contribution in [-0.4, -0.2) is 33.5 Å². The van der Waals surface area contributed by atoms with Crippen LogP contribution < -0.4 is 14.4 Å². The summed E-state index contributed by atoms with van der Waals surface area (Å²) in [6.07, 6.45) is 4.14. The molecule has 4 aromatic carbocycles. The van der Waals surface area contributed by atoms with E-state index in [0.29, 0.717) is 23.3 Å². The smallest absolute Gasteiger partial charge is 0.174 e. The maximum absolute atomic E-state index is 5.54. The van der Waals surface area contributed by atoms with E-state index in [1.807, 2.05) is 18.3 Å². The van der Waals surface area contributed by atoms with Gasteiger partial charge in [-0.1, -0.05) is 60.7 Å². The zero-order chi connectivity index (χ0) is 26.1. The molecular formula is C33H31BrN2O2. The van der Waals surface area contributed by atoms with E-state index in [4.69, 9.17) is 14.5 Å². The summed E-state index contributed by atoms with van der Waals surface area (Å²) >= 11 is 3.61. The minimum atomic E-state index is 0.362. The van der Waals surface area contributed by atoms with E-state index < -0.39 is 0 Å². The first-order chi connectivity index (χ1) is 18.7. The number of hydrogen-bond donors (Lipinski definition) is 0. The van der Waals surface area contributed by atoms with Crippen LogP contribution in [0.2, 0.25) is 0 Å². The topological polar surface area (TPSA) is 34.1 Å². The lowest BCUT2D eigenvalue weighted by atomic mass is 9.76. The standard InChI is InChI=1S/C33H31BrN2O2/c1-37-31-18-22(17-30(34)33(31)38-2)21-35-25-19-28-26(23-9-5-3-6-10-23)13-15-36-16-14-27(29(20-25)32(28)36)24-11-7-4-8-12-24/h3-12,17-21,26-27H,13-16H2,1-2H3/t26-,27-/m0/s1. The largest absolute Gasteiger partial charge is 0.493 e. The summed E-state index contributed by atoms with van der Waals surface area (Å²) in [6.45, 7) is 2.17. The first kappa shape index (κ1) is 24.7. The van der Waals surface area contributed by atoms with E-state index in [2.05, 4.69) is 93.6 Å². The molecule has 4 aromatic rings. The number of nitrogens with zero attached hydrogens (tertiary/aromatic N) is 2. The van der Waals surface area contributed by atoms with Crippen molar-refractivity contribution >= 4 is 33.5 Å². The van der Waals surface area contributed by atoms with Crippen molar-refractivity contribution in [3.63, 3.8) is 0 Å². The number of halogens is 1. The van der Waals surface area contributed by atoms with Gasteiger partial charge in [-0.15, -0.1) is 0 Å². The van der Waals surface area contributed by atoms with Gasteiger partial charge in [-0.05, 0) is 80.9 Å². The van der Waals surface area contributed by atoms with Crippen molar-refractivity contribution < 1.29 is 9.47 Å². The van der Waals surface area contributed by atoms with Gasteiger partial charge in [-0.25, -0.2) is 0 Å². The van der Waals surface area contributed by atoms with Gasteiger partial charge in [0.1, 0.15) is 0 Å². The van der Waals surface area contributed by atoms with Crippen molar-refractivity contribution in [2.45, 2.75) is 24.7 Å². The van der Waals surface area contributed by atoms with Gasteiger partial charge in [0.25, 0.3) is 0 Å². The van der Waals surface area contributed by atoms with Crippen molar-refractivity contribution in [2.24, 2.45) is 4.99 Å². The highest BCUT2D eigenvalue weighted by Gasteiger charge is 2.35. The number of aliphatic imine (C=N–C) groups is 1. The Morgan fingerprint density at radius 2 is 1.37 bits per heavy atom. The van der Waals surface area contributed by atoms with Crippen LogP contribution in [0.5, 0.6) is 11.5 Å². The summed E-state index contributed by atoms with van der Waals surface area (Å²) in [6, 6.07) is 30.4. The molecule has 2 aliphatic rings. The van der Waals surface area contributed by atoms with Crippen LogP contribution in [0.25, 0.3) is 0 Å². The second kappa shape index (κ2) is 10.7. The second-order valence-corrected chi connectivity index (χ2v) is 10.8. The lowest BCUT2D eigenvalue weighted by Crippen LogP contribution is -2.37. The molecule has 0 saturated heterocycles. The van der Waals surface area contributed by atoms with Crippen LogP contribution in [0, 0.1) is 0 Å². The predicted octanol–water partition coefficient (Wildman–Crippen LogP) is 8.09. The quantitative estimate of drug-likeness (QED) is 0.221. The molecule has 6 rings (SSSR count). The fourth-order valence-corrected chi connectivity index (χ4v) is 6.70. The van der Waals surface area contributed by atoms with Crippen molar-refractivity contribution in [2.75, 3.05) is 32.2 Å². The molecule has 0 fully saturated rings. The highest BCUT2D eigenvalue weighted by Crippen LogP contribution is 2.50. The molecule has 2 aliphatic heterocycles. The number of methoxy groups -OCH3 is 2. The molecule has 4 nitrogen and oxygen atoms in total. The minimum Gasteiger partial charge on any atom is -0.493 e. The normalized spacial score (nSPS) is 18.3. The molecule has 0 aliphatic carbocycles. The van der Waals surface area contributed by atoms with Crippen LogP contribution in [-0.2, 0) is 0 Å². The summed E-state index contributed by atoms with van der Waals surface area (Å²) < 4.78 is 11.9. The average Bonchev–Trinajstić information content (AvgIpc) is 2.97. The number of rotatable bonds is 6. The molecule has 0 amide bonds. The number of ether oxygens (including phenoxy) is 2. The molecule has 0 bridgehead atoms. The third kappa shape index (κ3) is 4.60. The summed E-state index contributed by atoms with van der Waals surface area (Å²) in [7, 11) is 3.29. The van der Waals surface area contributed by atoms with Gasteiger partial charge in [0.2, 0.25) is 0 Å². The van der Waals surface area contributed by atoms with E-state index >= 15 is 0 Å². The summed E-state index contributed by atoms with van der Waals surface area (Å²) in [4.78, 5) is 7.61. The zero-order valence-electron chi connectivity index (χ0n) is 21.7. The van der Waals surface area contributed by atoms with Crippen molar-refractivity contribution in [1.29, 1.82) is 0 Å². The molecular weight excluding hydrogens is 536 g/mol. The van der Waals surface area contributed by atoms with Crippen LogP contribution in [0.3, 0.4) is 0 Å². The molecule has 0 N–H and O–H groups in total. The lowest BCUT2D eigenvalue weighted by molar-refractivity contribution is 0.353. The molecule has 0 radical (unpaired) electrons. The molecule has 0 saturated carbocycles. The van der Waals surface area contributed by atoms with Gasteiger partial charge in [-0.3, -0.25) is 4.99 Å². The predicted molar refractivity (Wildman–Crippen MR) is 159 cm³/mol. The molecule has 0 unspecified atom stereocenters. The van der Waals surface area contributed by atoms with Crippen molar-refractivity contribution in [3.05, 3.63) is 117 Å². The first-order valence-electron chi connectivity index (χ1n) is 13.1. The molecule has 2 atom stereocenters. The Bertz CT molecular complexity index is 1400. The fraction of sp³-hybridized carbons (Fsp3) is 0.242. The van der Waals surface area contributed by atoms with Gasteiger partial charge in [0.15, 0.2) is 11.5 Å². The number of hydrogen-bond acceptors (Lipinski definition) is 4. The SMILES string of the molecule is COc1cc(C=Nc2cc3c4c(c2)[C@H](c2ccccc2)CCN4CC[C@H]3c2ccccc2)cc(Br)c1OC. The molecule has 5 heteroatoms. The highest BCUT2D eigenvalue weighted by atomic mass is 79.9. The lowest BCUT2D eigenvalue weighted by Gasteiger charge is -2.43. The summed E-state index contributed by atoms with van der Waals surface area (Å²) in [5.41, 5.74) is 8.87. The minimum absolute atomic E-state index is 0.362. The molecule has 2 heterocycles. The van der Waals surface area contributed by atoms with E-state index in [1.165, 1.54) is 27.9 Å². The van der Waals surface area contributed by atoms with Crippen LogP contribution in [0.4, 0.5) is 11.4 Å². The second-order valence-electron chi connectivity index (χ2n) is 9.96. The maximum atomic E-state index is 5.54. The van der Waals surface area contributed by atoms with E-state index in [9.17, 15) is 0 Å². The third-order valence-corrected chi connectivity index (χ3v) is 8.41. The Balaban J connectivity index is 1.48. The van der Waals surface area contributed by atoms with Gasteiger partial charge >= 0.3 is 0 Å². The van der Waals surface area contributed by atoms with Crippen LogP contribution >= 0.6 is 15.9 Å². The molecule has 0 spiro atoms. The van der Waals surface area contributed by atoms with E-state index in [0.717, 1.165) is 41.7 Å². The van der Waals surface area contributed by atoms with Crippen molar-refractivity contribution in [3.8, 4) is 11.5 Å². The Morgan fingerprint density at radius 3 is 1.89 bits per heavy atom. The van der Waals surface area contributed by atoms with Gasteiger partial charge < -0.3 is 14.4 Å². The third-order valence-electron chi connectivity index (χ3n) is 7.82. The maximum Gasteiger partial charge on any atom is 0.174 e. The fourth-order valence-electron chi connectivity index (χ4n) is 6.08. The Kier molecular flexibility index (Phi) is 6.94. The van der Waals surface area contributed by atoms with Gasteiger partial charge in [0.05, 0.1) is 24.4 Å². The van der Waals surface area contributed by atoms with E-state index in [-0.39, 0.29) is 0 Å². The average molecular weight is 568 g/mol. The summed E-state index contributed by atoms with van der Waals surface area (Å²) in [5, 5.41) is 0. The molecule has 192 valence electrons. The number of anilines is 1. The zero-order valence-corrected chi connectivity index (χ0v) is 23.3. The van der Waals surface area contributed by atoms with Crippen LogP contribution in [0.1, 0.15) is 52.5 Å². The summed E-state index contributed by atoms with van der Waals surface area (Å²) in [5.74, 6) is 2.08. The molecule has 0 aromatic heterocycles. The van der Waals surface area contributed by atoms with Crippen molar-refractivity contribution in [1.82, 2.24) is 0 Å². The Hall–Kier alpha value is -3.57. The highest BCUT2D eigenvalue weighted by molar-refractivity contribution is 9.10. The monoisotopic (exact) mass is 566 g/mol. The molecule has 38 heavy (non-hydrogen) atoms.